The molecule has 0 unspecified atom stereocenters. The van der Waals surface area contributed by atoms with E-state index in [1.807, 2.05) is 0 Å². The molecule has 1 aliphatic heterocycles. The maximum Gasteiger partial charge on any atom is 0.352 e. The quantitative estimate of drug-likeness (QED) is 0.914. The molecule has 2 aromatic rings. The maximum atomic E-state index is 11.2. The molecule has 2 aromatic heterocycles. The van der Waals surface area contributed by atoms with Crippen LogP contribution in [0, 0.1) is 0 Å². The molecule has 8 heteroatoms. The van der Waals surface area contributed by atoms with Gasteiger partial charge in [-0.2, -0.15) is 0 Å². The third-order valence-electron chi connectivity index (χ3n) is 3.67. The van der Waals surface area contributed by atoms with Gasteiger partial charge in [-0.1, -0.05) is 18.3 Å². The summed E-state index contributed by atoms with van der Waals surface area (Å²) in [4.78, 5) is 15.8. The molecule has 1 fully saturated rings. The van der Waals surface area contributed by atoms with Gasteiger partial charge in [-0.25, -0.2) is 4.79 Å². The van der Waals surface area contributed by atoms with Gasteiger partial charge >= 0.3 is 5.97 Å². The van der Waals surface area contributed by atoms with E-state index >= 15 is 0 Å². The highest BCUT2D eigenvalue weighted by molar-refractivity contribution is 7.17. The van der Waals surface area contributed by atoms with E-state index < -0.39 is 5.97 Å². The highest BCUT2D eigenvalue weighted by Gasteiger charge is 2.20. The van der Waals surface area contributed by atoms with Gasteiger partial charge in [0, 0.05) is 32.4 Å². The molecule has 21 heavy (non-hydrogen) atoms. The predicted molar refractivity (Wildman–Crippen MR) is 80.5 cm³/mol. The van der Waals surface area contributed by atoms with Crippen LogP contribution in [0.3, 0.4) is 0 Å². The number of aromatic carboxylic acids is 1. The minimum absolute atomic E-state index is 0.202. The standard InChI is InChI=1S/C13H17N5O2S/c1-2-16-6-8-17(9-7-16)12-14-15-13(21-12)18-5-3-4-10(18)11(19)20/h3-5H,2,6-9H2,1H3,(H,19,20). The van der Waals surface area contributed by atoms with Gasteiger partial charge in [0.25, 0.3) is 0 Å². The fourth-order valence-corrected chi connectivity index (χ4v) is 3.31. The lowest BCUT2D eigenvalue weighted by Gasteiger charge is -2.33. The number of carboxylic acids is 1. The molecule has 0 radical (unpaired) electrons. The molecule has 1 aliphatic rings. The minimum atomic E-state index is -0.965. The smallest absolute Gasteiger partial charge is 0.352 e. The second-order valence-electron chi connectivity index (χ2n) is 4.86. The van der Waals surface area contributed by atoms with Crippen LogP contribution >= 0.6 is 11.3 Å². The van der Waals surface area contributed by atoms with Crippen molar-refractivity contribution in [2.75, 3.05) is 37.6 Å². The van der Waals surface area contributed by atoms with Crippen molar-refractivity contribution < 1.29 is 9.90 Å². The zero-order valence-electron chi connectivity index (χ0n) is 11.8. The van der Waals surface area contributed by atoms with Crippen LogP contribution in [0.1, 0.15) is 17.4 Å². The van der Waals surface area contributed by atoms with Crippen molar-refractivity contribution in [3.63, 3.8) is 0 Å². The number of likely N-dealkylation sites (N-methyl/N-ethyl adjacent to an activating group) is 1. The first-order chi connectivity index (χ1) is 10.2. The summed E-state index contributed by atoms with van der Waals surface area (Å²) in [5.41, 5.74) is 0.202. The van der Waals surface area contributed by atoms with Crippen molar-refractivity contribution in [3.05, 3.63) is 24.0 Å². The zero-order chi connectivity index (χ0) is 14.8. The maximum absolute atomic E-state index is 11.2. The Bertz CT molecular complexity index is 630. The molecule has 0 aliphatic carbocycles. The molecule has 7 nitrogen and oxygen atoms in total. The number of carbonyl (C=O) groups is 1. The molecule has 0 spiro atoms. The first-order valence-corrected chi connectivity index (χ1v) is 7.72. The summed E-state index contributed by atoms with van der Waals surface area (Å²) in [5.74, 6) is -0.965. The van der Waals surface area contributed by atoms with Gasteiger partial charge in [0.05, 0.1) is 0 Å². The van der Waals surface area contributed by atoms with Crippen molar-refractivity contribution in [2.45, 2.75) is 6.92 Å². The first kappa shape index (κ1) is 14.0. The number of aromatic nitrogens is 3. The van der Waals surface area contributed by atoms with Gasteiger partial charge < -0.3 is 14.9 Å². The van der Waals surface area contributed by atoms with Crippen LogP contribution in [-0.2, 0) is 0 Å². The number of anilines is 1. The number of nitrogens with zero attached hydrogens (tertiary/aromatic N) is 5. The lowest BCUT2D eigenvalue weighted by Crippen LogP contribution is -2.46. The summed E-state index contributed by atoms with van der Waals surface area (Å²) in [6.07, 6.45) is 1.70. The van der Waals surface area contributed by atoms with Gasteiger partial charge in [-0.15, -0.1) is 10.2 Å². The SMILES string of the molecule is CCN1CCN(c2nnc(-n3cccc3C(=O)O)s2)CC1. The van der Waals surface area contributed by atoms with Crippen LogP contribution in [0.25, 0.3) is 5.13 Å². The second-order valence-corrected chi connectivity index (χ2v) is 5.79. The van der Waals surface area contributed by atoms with Gasteiger partial charge in [-0.3, -0.25) is 4.57 Å². The summed E-state index contributed by atoms with van der Waals surface area (Å²) in [6, 6.07) is 3.26. The van der Waals surface area contributed by atoms with E-state index in [-0.39, 0.29) is 5.69 Å². The molecule has 1 saturated heterocycles. The summed E-state index contributed by atoms with van der Waals surface area (Å²) in [7, 11) is 0. The van der Waals surface area contributed by atoms with E-state index in [1.165, 1.54) is 11.3 Å². The Kier molecular flexibility index (Phi) is 3.89. The summed E-state index contributed by atoms with van der Waals surface area (Å²) < 4.78 is 1.56. The van der Waals surface area contributed by atoms with Crippen LogP contribution in [0.4, 0.5) is 5.13 Å². The largest absolute Gasteiger partial charge is 0.477 e. The number of piperazine rings is 1. The predicted octanol–water partition coefficient (Wildman–Crippen LogP) is 1.17. The van der Waals surface area contributed by atoms with Crippen LogP contribution < -0.4 is 4.90 Å². The average Bonchev–Trinajstić information content (AvgIpc) is 3.16. The Labute approximate surface area is 126 Å². The number of hydrogen-bond donors (Lipinski definition) is 1. The highest BCUT2D eigenvalue weighted by Crippen LogP contribution is 2.25. The molecule has 112 valence electrons. The average molecular weight is 307 g/mol. The van der Waals surface area contributed by atoms with E-state index in [4.69, 9.17) is 5.11 Å². The minimum Gasteiger partial charge on any atom is -0.477 e. The van der Waals surface area contributed by atoms with Crippen molar-refractivity contribution in [2.24, 2.45) is 0 Å². The summed E-state index contributed by atoms with van der Waals surface area (Å²) in [6.45, 7) is 7.14. The fraction of sp³-hybridized carbons (Fsp3) is 0.462. The molecular weight excluding hydrogens is 290 g/mol. The van der Waals surface area contributed by atoms with Crippen LogP contribution in [0.15, 0.2) is 18.3 Å². The molecular formula is C13H17N5O2S. The molecule has 1 N–H and O–H groups in total. The van der Waals surface area contributed by atoms with E-state index in [1.54, 1.807) is 22.9 Å². The van der Waals surface area contributed by atoms with Gasteiger partial charge in [0.1, 0.15) is 5.69 Å². The third kappa shape index (κ3) is 2.77. The van der Waals surface area contributed by atoms with Crippen molar-refractivity contribution in [1.29, 1.82) is 0 Å². The van der Waals surface area contributed by atoms with Crippen molar-refractivity contribution >= 4 is 22.4 Å². The Morgan fingerprint density at radius 3 is 2.67 bits per heavy atom. The van der Waals surface area contributed by atoms with E-state index in [0.717, 1.165) is 37.9 Å². The molecule has 0 atom stereocenters. The molecule has 0 bridgehead atoms. The number of carboxylic acid groups (broad SMARTS) is 1. The topological polar surface area (TPSA) is 74.5 Å². The Balaban J connectivity index is 1.78. The Hall–Kier alpha value is -1.93. The molecule has 3 heterocycles. The fourth-order valence-electron chi connectivity index (χ4n) is 2.41. The highest BCUT2D eigenvalue weighted by atomic mass is 32.1. The molecule has 3 rings (SSSR count). The Morgan fingerprint density at radius 1 is 1.29 bits per heavy atom. The van der Waals surface area contributed by atoms with Crippen LogP contribution in [0.5, 0.6) is 0 Å². The molecule has 0 amide bonds. The van der Waals surface area contributed by atoms with Crippen LogP contribution in [-0.4, -0.2) is 63.5 Å². The molecule has 0 aromatic carbocycles. The second kappa shape index (κ2) is 5.82. The first-order valence-electron chi connectivity index (χ1n) is 6.91. The summed E-state index contributed by atoms with van der Waals surface area (Å²) in [5, 5.41) is 18.9. The third-order valence-corrected chi connectivity index (χ3v) is 4.65. The number of rotatable bonds is 4. The molecule has 0 saturated carbocycles. The summed E-state index contributed by atoms with van der Waals surface area (Å²) >= 11 is 1.42. The van der Waals surface area contributed by atoms with E-state index in [0.29, 0.717) is 5.13 Å². The van der Waals surface area contributed by atoms with Crippen molar-refractivity contribution in [3.8, 4) is 5.13 Å². The lowest BCUT2D eigenvalue weighted by molar-refractivity contribution is 0.0688. The normalized spacial score (nSPS) is 16.3. The monoisotopic (exact) mass is 307 g/mol. The number of hydrogen-bond acceptors (Lipinski definition) is 6. The lowest BCUT2D eigenvalue weighted by atomic mass is 10.3. The van der Waals surface area contributed by atoms with Gasteiger partial charge in [-0.05, 0) is 18.7 Å². The van der Waals surface area contributed by atoms with Crippen LogP contribution in [0.2, 0.25) is 0 Å². The van der Waals surface area contributed by atoms with E-state index in [9.17, 15) is 4.79 Å². The Morgan fingerprint density at radius 2 is 2.00 bits per heavy atom. The van der Waals surface area contributed by atoms with Gasteiger partial charge in [0.15, 0.2) is 0 Å². The van der Waals surface area contributed by atoms with Crippen molar-refractivity contribution in [1.82, 2.24) is 19.7 Å². The van der Waals surface area contributed by atoms with Gasteiger partial charge in [0.2, 0.25) is 10.3 Å². The van der Waals surface area contributed by atoms with E-state index in [2.05, 4.69) is 26.9 Å². The zero-order valence-corrected chi connectivity index (χ0v) is 12.6.